The van der Waals surface area contributed by atoms with Crippen molar-refractivity contribution < 1.29 is 8.42 Å². The molecule has 1 aliphatic carbocycles. The van der Waals surface area contributed by atoms with Gasteiger partial charge in [0, 0.05) is 37.6 Å². The molecule has 1 unspecified atom stereocenters. The number of piperidine rings is 1. The molecule has 0 bridgehead atoms. The molecular formula is C12H23BrN2O2S. The Morgan fingerprint density at radius 2 is 2.06 bits per heavy atom. The zero-order chi connectivity index (χ0) is 13.2. The van der Waals surface area contributed by atoms with Gasteiger partial charge in [0.05, 0.1) is 6.26 Å². The van der Waals surface area contributed by atoms with Crippen molar-refractivity contribution in [2.75, 3.05) is 37.8 Å². The Morgan fingerprint density at radius 1 is 1.33 bits per heavy atom. The summed E-state index contributed by atoms with van der Waals surface area (Å²) < 4.78 is 24.8. The third kappa shape index (κ3) is 4.18. The van der Waals surface area contributed by atoms with Crippen molar-refractivity contribution in [2.24, 2.45) is 5.92 Å². The minimum absolute atomic E-state index is 0.508. The Hall–Kier alpha value is 0.350. The van der Waals surface area contributed by atoms with E-state index < -0.39 is 10.0 Å². The molecule has 0 spiro atoms. The topological polar surface area (TPSA) is 40.6 Å². The van der Waals surface area contributed by atoms with Gasteiger partial charge >= 0.3 is 0 Å². The summed E-state index contributed by atoms with van der Waals surface area (Å²) in [6, 6.07) is 0.760. The second-order valence-corrected chi connectivity index (χ2v) is 8.32. The molecule has 1 saturated heterocycles. The van der Waals surface area contributed by atoms with Crippen LogP contribution in [0.4, 0.5) is 0 Å². The van der Waals surface area contributed by atoms with E-state index >= 15 is 0 Å². The van der Waals surface area contributed by atoms with Crippen LogP contribution in [-0.4, -0.2) is 61.4 Å². The lowest BCUT2D eigenvalue weighted by atomic mass is 9.99. The van der Waals surface area contributed by atoms with Crippen LogP contribution in [0.15, 0.2) is 0 Å². The van der Waals surface area contributed by atoms with E-state index in [1.165, 1.54) is 19.1 Å². The first kappa shape index (κ1) is 14.8. The smallest absolute Gasteiger partial charge is 0.211 e. The van der Waals surface area contributed by atoms with Crippen LogP contribution in [0.5, 0.6) is 0 Å². The number of hydrogen-bond acceptors (Lipinski definition) is 3. The average molecular weight is 339 g/mol. The minimum atomic E-state index is -3.01. The first-order valence-electron chi connectivity index (χ1n) is 6.76. The maximum absolute atomic E-state index is 11.6. The second-order valence-electron chi connectivity index (χ2n) is 5.54. The highest BCUT2D eigenvalue weighted by molar-refractivity contribution is 9.09. The van der Waals surface area contributed by atoms with E-state index in [1.807, 2.05) is 0 Å². The van der Waals surface area contributed by atoms with E-state index in [1.54, 1.807) is 4.31 Å². The van der Waals surface area contributed by atoms with Crippen molar-refractivity contribution >= 4 is 26.0 Å². The third-order valence-corrected chi connectivity index (χ3v) is 5.50. The summed E-state index contributed by atoms with van der Waals surface area (Å²) in [5.74, 6) is 0.508. The maximum atomic E-state index is 11.6. The van der Waals surface area contributed by atoms with Gasteiger partial charge in [-0.25, -0.2) is 12.7 Å². The number of nitrogens with zero attached hydrogens (tertiary/aromatic N) is 2. The van der Waals surface area contributed by atoms with Gasteiger partial charge in [0.25, 0.3) is 0 Å². The molecule has 2 rings (SSSR count). The summed E-state index contributed by atoms with van der Waals surface area (Å²) in [6.45, 7) is 3.56. The molecule has 6 heteroatoms. The molecular weight excluding hydrogens is 316 g/mol. The summed E-state index contributed by atoms with van der Waals surface area (Å²) in [4.78, 5) is 2.53. The van der Waals surface area contributed by atoms with Crippen LogP contribution in [0.1, 0.15) is 25.7 Å². The summed E-state index contributed by atoms with van der Waals surface area (Å²) >= 11 is 3.51. The van der Waals surface area contributed by atoms with Crippen LogP contribution in [0.25, 0.3) is 0 Å². The second kappa shape index (κ2) is 6.20. The fourth-order valence-electron chi connectivity index (χ4n) is 2.78. The van der Waals surface area contributed by atoms with Crippen molar-refractivity contribution in [3.8, 4) is 0 Å². The number of hydrogen-bond donors (Lipinski definition) is 0. The molecule has 1 aliphatic heterocycles. The van der Waals surface area contributed by atoms with Gasteiger partial charge in [0.1, 0.15) is 0 Å². The van der Waals surface area contributed by atoms with Crippen LogP contribution in [0, 0.1) is 5.92 Å². The fourth-order valence-corrected chi connectivity index (χ4v) is 4.18. The Kier molecular flexibility index (Phi) is 5.08. The summed E-state index contributed by atoms with van der Waals surface area (Å²) in [7, 11) is -3.01. The van der Waals surface area contributed by atoms with E-state index in [-0.39, 0.29) is 0 Å². The minimum Gasteiger partial charge on any atom is -0.299 e. The Morgan fingerprint density at radius 3 is 2.61 bits per heavy atom. The van der Waals surface area contributed by atoms with Gasteiger partial charge in [-0.3, -0.25) is 4.90 Å². The van der Waals surface area contributed by atoms with Crippen LogP contribution in [0.3, 0.4) is 0 Å². The molecule has 4 nitrogen and oxygen atoms in total. The molecule has 2 fully saturated rings. The summed E-state index contributed by atoms with van der Waals surface area (Å²) in [6.07, 6.45) is 6.12. The van der Waals surface area contributed by atoms with Crippen LogP contribution in [0.2, 0.25) is 0 Å². The molecule has 106 valence electrons. The van der Waals surface area contributed by atoms with Gasteiger partial charge in [-0.1, -0.05) is 15.9 Å². The molecule has 1 saturated carbocycles. The standard InChI is InChI=1S/C12H23BrN2O2S/c1-18(16,17)15-7-2-3-11(10-15)9-14(8-6-13)12-4-5-12/h11-12H,2-10H2,1H3. The van der Waals surface area contributed by atoms with Crippen LogP contribution in [-0.2, 0) is 10.0 Å². The Bertz CT molecular complexity index is 370. The zero-order valence-electron chi connectivity index (χ0n) is 11.0. The van der Waals surface area contributed by atoms with Gasteiger partial charge in [-0.05, 0) is 31.6 Å². The Labute approximate surface area is 119 Å². The van der Waals surface area contributed by atoms with E-state index in [0.29, 0.717) is 19.0 Å². The summed E-state index contributed by atoms with van der Waals surface area (Å²) in [5, 5.41) is 1.01. The lowest BCUT2D eigenvalue weighted by Gasteiger charge is -2.34. The van der Waals surface area contributed by atoms with Gasteiger partial charge in [0.2, 0.25) is 10.0 Å². The largest absolute Gasteiger partial charge is 0.299 e. The highest BCUT2D eigenvalue weighted by atomic mass is 79.9. The molecule has 18 heavy (non-hydrogen) atoms. The molecule has 1 heterocycles. The number of alkyl halides is 1. The van der Waals surface area contributed by atoms with E-state index in [4.69, 9.17) is 0 Å². The first-order chi connectivity index (χ1) is 8.50. The van der Waals surface area contributed by atoms with E-state index in [9.17, 15) is 8.42 Å². The van der Waals surface area contributed by atoms with Crippen molar-refractivity contribution in [1.82, 2.24) is 9.21 Å². The van der Waals surface area contributed by atoms with Crippen molar-refractivity contribution in [1.29, 1.82) is 0 Å². The molecule has 0 radical (unpaired) electrons. The molecule has 0 aromatic carbocycles. The van der Waals surface area contributed by atoms with Crippen molar-refractivity contribution in [2.45, 2.75) is 31.7 Å². The lowest BCUT2D eigenvalue weighted by molar-refractivity contribution is 0.179. The highest BCUT2D eigenvalue weighted by Crippen LogP contribution is 2.29. The zero-order valence-corrected chi connectivity index (χ0v) is 13.4. The molecule has 0 N–H and O–H groups in total. The monoisotopic (exact) mass is 338 g/mol. The number of halogens is 1. The normalized spacial score (nSPS) is 26.7. The van der Waals surface area contributed by atoms with Crippen molar-refractivity contribution in [3.63, 3.8) is 0 Å². The van der Waals surface area contributed by atoms with Crippen molar-refractivity contribution in [3.05, 3.63) is 0 Å². The lowest BCUT2D eigenvalue weighted by Crippen LogP contribution is -2.44. The van der Waals surface area contributed by atoms with Gasteiger partial charge in [0.15, 0.2) is 0 Å². The van der Waals surface area contributed by atoms with Gasteiger partial charge in [-0.15, -0.1) is 0 Å². The number of rotatable bonds is 6. The summed E-state index contributed by atoms with van der Waals surface area (Å²) in [5.41, 5.74) is 0. The fraction of sp³-hybridized carbons (Fsp3) is 1.00. The van der Waals surface area contributed by atoms with Gasteiger partial charge < -0.3 is 0 Å². The molecule has 0 amide bonds. The van der Waals surface area contributed by atoms with E-state index in [2.05, 4.69) is 20.8 Å². The number of sulfonamides is 1. The first-order valence-corrected chi connectivity index (χ1v) is 9.73. The quantitative estimate of drug-likeness (QED) is 0.689. The van der Waals surface area contributed by atoms with Crippen LogP contribution >= 0.6 is 15.9 Å². The SMILES string of the molecule is CS(=O)(=O)N1CCCC(CN(CCBr)C2CC2)C1. The highest BCUT2D eigenvalue weighted by Gasteiger charge is 2.32. The van der Waals surface area contributed by atoms with Gasteiger partial charge in [-0.2, -0.15) is 0 Å². The van der Waals surface area contributed by atoms with Crippen LogP contribution < -0.4 is 0 Å². The predicted octanol–water partition coefficient (Wildman–Crippen LogP) is 1.52. The molecule has 0 aromatic heterocycles. The maximum Gasteiger partial charge on any atom is 0.211 e. The predicted molar refractivity (Wildman–Crippen MR) is 77.5 cm³/mol. The molecule has 1 atom stereocenters. The Balaban J connectivity index is 1.88. The molecule has 0 aromatic rings. The third-order valence-electron chi connectivity index (χ3n) is 3.88. The van der Waals surface area contributed by atoms with E-state index in [0.717, 1.165) is 37.3 Å². The average Bonchev–Trinajstić information content (AvgIpc) is 3.11. The molecule has 2 aliphatic rings.